The second-order valence-electron chi connectivity index (χ2n) is 6.93. The Kier molecular flexibility index (Phi) is 6.20. The summed E-state index contributed by atoms with van der Waals surface area (Å²) in [5.74, 6) is 1.89. The Hall–Kier alpha value is -1.73. The van der Waals surface area contributed by atoms with Crippen LogP contribution in [-0.4, -0.2) is 40.1 Å². The number of amides is 1. The number of carbonyl (C=O) groups is 1. The molecule has 0 aromatic carbocycles. The van der Waals surface area contributed by atoms with Gasteiger partial charge in [-0.25, -0.2) is 0 Å². The molecule has 2 aromatic heterocycles. The average molecular weight is 363 g/mol. The van der Waals surface area contributed by atoms with Crippen molar-refractivity contribution in [1.82, 2.24) is 15.0 Å². The lowest BCUT2D eigenvalue weighted by molar-refractivity contribution is -0.135. The second-order valence-corrected chi connectivity index (χ2v) is 7.71. The van der Waals surface area contributed by atoms with Crippen molar-refractivity contribution in [3.63, 3.8) is 0 Å². The fraction of sp³-hybridized carbons (Fsp3) is 0.611. The number of carbonyl (C=O) groups excluding carboxylic acids is 1. The van der Waals surface area contributed by atoms with Crippen molar-refractivity contribution in [2.45, 2.75) is 52.2 Å². The first kappa shape index (κ1) is 18.1. The summed E-state index contributed by atoms with van der Waals surface area (Å²) in [5, 5.41) is 8.00. The van der Waals surface area contributed by atoms with Crippen molar-refractivity contribution in [1.29, 1.82) is 0 Å². The van der Waals surface area contributed by atoms with Gasteiger partial charge in [-0.15, -0.1) is 0 Å². The Morgan fingerprint density at radius 1 is 1.52 bits per heavy atom. The molecule has 1 amide bonds. The van der Waals surface area contributed by atoms with Crippen molar-refractivity contribution in [2.75, 3.05) is 13.1 Å². The van der Waals surface area contributed by atoms with Crippen molar-refractivity contribution in [3.05, 3.63) is 34.1 Å². The van der Waals surface area contributed by atoms with Crippen LogP contribution in [0.4, 0.5) is 0 Å². The van der Waals surface area contributed by atoms with E-state index in [1.807, 2.05) is 21.7 Å². The Morgan fingerprint density at radius 3 is 3.16 bits per heavy atom. The first-order valence-corrected chi connectivity index (χ1v) is 9.76. The topological polar surface area (TPSA) is 68.5 Å². The molecule has 1 aliphatic heterocycles. The van der Waals surface area contributed by atoms with Crippen molar-refractivity contribution < 1.29 is 14.1 Å². The lowest BCUT2D eigenvalue weighted by Gasteiger charge is -2.32. The normalized spacial score (nSPS) is 18.0. The van der Waals surface area contributed by atoms with Gasteiger partial charge in [-0.1, -0.05) is 19.0 Å². The molecule has 136 valence electrons. The first-order valence-electron chi connectivity index (χ1n) is 8.82. The third-order valence-electron chi connectivity index (χ3n) is 4.21. The second kappa shape index (κ2) is 8.58. The molecule has 0 saturated carbocycles. The van der Waals surface area contributed by atoms with E-state index in [1.165, 1.54) is 0 Å². The molecular weight excluding hydrogens is 338 g/mol. The zero-order chi connectivity index (χ0) is 17.6. The molecule has 6 nitrogen and oxygen atoms in total. The summed E-state index contributed by atoms with van der Waals surface area (Å²) in [5.41, 5.74) is 1.09. The quantitative estimate of drug-likeness (QED) is 0.756. The van der Waals surface area contributed by atoms with Gasteiger partial charge in [0.05, 0.1) is 12.5 Å². The van der Waals surface area contributed by atoms with Crippen LogP contribution in [0.5, 0.6) is 0 Å². The van der Waals surface area contributed by atoms with Crippen LogP contribution < -0.4 is 0 Å². The van der Waals surface area contributed by atoms with E-state index in [2.05, 4.69) is 24.0 Å². The SMILES string of the molecule is CC(C)Cc1nc(COC2CCCN(C(=O)Cc3ccsc3)C2)no1. The molecule has 3 rings (SSSR count). The summed E-state index contributed by atoms with van der Waals surface area (Å²) in [7, 11) is 0. The van der Waals surface area contributed by atoms with Gasteiger partial charge >= 0.3 is 0 Å². The molecule has 1 unspecified atom stereocenters. The molecule has 1 aliphatic rings. The monoisotopic (exact) mass is 363 g/mol. The van der Waals surface area contributed by atoms with E-state index in [9.17, 15) is 4.79 Å². The zero-order valence-corrected chi connectivity index (χ0v) is 15.6. The first-order chi connectivity index (χ1) is 12.1. The molecule has 7 heteroatoms. The van der Waals surface area contributed by atoms with E-state index in [4.69, 9.17) is 9.26 Å². The Morgan fingerprint density at radius 2 is 2.40 bits per heavy atom. The smallest absolute Gasteiger partial charge is 0.227 e. The summed E-state index contributed by atoms with van der Waals surface area (Å²) in [6.07, 6.45) is 3.21. The van der Waals surface area contributed by atoms with Gasteiger partial charge in [-0.05, 0) is 41.1 Å². The van der Waals surface area contributed by atoms with Crippen LogP contribution in [0.1, 0.15) is 44.0 Å². The largest absolute Gasteiger partial charge is 0.368 e. The average Bonchev–Trinajstić information content (AvgIpc) is 3.25. The fourth-order valence-electron chi connectivity index (χ4n) is 2.95. The molecule has 1 saturated heterocycles. The van der Waals surface area contributed by atoms with Crippen LogP contribution >= 0.6 is 11.3 Å². The predicted molar refractivity (Wildman–Crippen MR) is 95.3 cm³/mol. The molecule has 0 aliphatic carbocycles. The standard InChI is InChI=1S/C18H25N3O3S/c1-13(2)8-17-19-16(20-24-17)11-23-15-4-3-6-21(10-15)18(22)9-14-5-7-25-12-14/h5,7,12-13,15H,3-4,6,8-11H2,1-2H3. The van der Waals surface area contributed by atoms with Gasteiger partial charge in [-0.2, -0.15) is 16.3 Å². The highest BCUT2D eigenvalue weighted by Crippen LogP contribution is 2.17. The van der Waals surface area contributed by atoms with E-state index < -0.39 is 0 Å². The van der Waals surface area contributed by atoms with Crippen LogP contribution in [0.25, 0.3) is 0 Å². The maximum Gasteiger partial charge on any atom is 0.227 e. The molecule has 2 aromatic rings. The van der Waals surface area contributed by atoms with Gasteiger partial charge in [-0.3, -0.25) is 4.79 Å². The molecule has 0 spiro atoms. The summed E-state index contributed by atoms with van der Waals surface area (Å²) < 4.78 is 11.2. The summed E-state index contributed by atoms with van der Waals surface area (Å²) >= 11 is 1.62. The highest BCUT2D eigenvalue weighted by Gasteiger charge is 2.24. The number of aromatic nitrogens is 2. The summed E-state index contributed by atoms with van der Waals surface area (Å²) in [4.78, 5) is 18.7. The third kappa shape index (κ3) is 5.37. The molecule has 1 fully saturated rings. The number of likely N-dealkylation sites (tertiary alicyclic amines) is 1. The minimum absolute atomic E-state index is 0.0345. The van der Waals surface area contributed by atoms with Crippen LogP contribution in [0.15, 0.2) is 21.3 Å². The predicted octanol–water partition coefficient (Wildman–Crippen LogP) is 3.08. The lowest BCUT2D eigenvalue weighted by Crippen LogP contribution is -2.43. The Labute approximate surface area is 152 Å². The lowest BCUT2D eigenvalue weighted by atomic mass is 10.1. The van der Waals surface area contributed by atoms with Gasteiger partial charge in [0.1, 0.15) is 6.61 Å². The van der Waals surface area contributed by atoms with Crippen molar-refractivity contribution >= 4 is 17.2 Å². The van der Waals surface area contributed by atoms with Crippen LogP contribution in [0.3, 0.4) is 0 Å². The molecule has 3 heterocycles. The van der Waals surface area contributed by atoms with Crippen LogP contribution in [-0.2, 0) is 29.0 Å². The highest BCUT2D eigenvalue weighted by atomic mass is 32.1. The zero-order valence-electron chi connectivity index (χ0n) is 14.8. The molecule has 0 bridgehead atoms. The van der Waals surface area contributed by atoms with E-state index in [1.54, 1.807) is 11.3 Å². The van der Waals surface area contributed by atoms with E-state index in [-0.39, 0.29) is 12.0 Å². The molecule has 1 atom stereocenters. The van der Waals surface area contributed by atoms with Gasteiger partial charge in [0, 0.05) is 19.5 Å². The molecule has 25 heavy (non-hydrogen) atoms. The Bertz CT molecular complexity index is 669. The summed E-state index contributed by atoms with van der Waals surface area (Å²) in [6.45, 7) is 6.01. The number of hydrogen-bond acceptors (Lipinski definition) is 6. The van der Waals surface area contributed by atoms with Gasteiger partial charge < -0.3 is 14.2 Å². The number of hydrogen-bond donors (Lipinski definition) is 0. The number of ether oxygens (including phenoxy) is 1. The fourth-order valence-corrected chi connectivity index (χ4v) is 3.62. The van der Waals surface area contributed by atoms with Gasteiger partial charge in [0.2, 0.25) is 11.8 Å². The third-order valence-corrected chi connectivity index (χ3v) is 4.94. The number of thiophene rings is 1. The minimum atomic E-state index is 0.0345. The maximum atomic E-state index is 12.4. The summed E-state index contributed by atoms with van der Waals surface area (Å²) in [6, 6.07) is 2.01. The van der Waals surface area contributed by atoms with Crippen LogP contribution in [0, 0.1) is 5.92 Å². The maximum absolute atomic E-state index is 12.4. The number of nitrogens with zero attached hydrogens (tertiary/aromatic N) is 3. The van der Waals surface area contributed by atoms with Gasteiger partial charge in [0.25, 0.3) is 0 Å². The van der Waals surface area contributed by atoms with E-state index in [0.29, 0.717) is 37.2 Å². The molecular formula is C18H25N3O3S. The van der Waals surface area contributed by atoms with E-state index >= 15 is 0 Å². The van der Waals surface area contributed by atoms with Crippen LogP contribution in [0.2, 0.25) is 0 Å². The molecule has 0 N–H and O–H groups in total. The Balaban J connectivity index is 1.46. The number of piperidine rings is 1. The number of rotatable bonds is 7. The van der Waals surface area contributed by atoms with E-state index in [0.717, 1.165) is 31.4 Å². The van der Waals surface area contributed by atoms with Crippen molar-refractivity contribution in [3.8, 4) is 0 Å². The minimum Gasteiger partial charge on any atom is -0.368 e. The van der Waals surface area contributed by atoms with Gasteiger partial charge in [0.15, 0.2) is 5.82 Å². The molecule has 0 radical (unpaired) electrons. The van der Waals surface area contributed by atoms with Crippen molar-refractivity contribution in [2.24, 2.45) is 5.92 Å². The highest BCUT2D eigenvalue weighted by molar-refractivity contribution is 7.07.